The van der Waals surface area contributed by atoms with E-state index in [1.807, 2.05) is 0 Å². The van der Waals surface area contributed by atoms with Gasteiger partial charge in [0.25, 0.3) is 5.56 Å². The Hall–Kier alpha value is -1.52. The summed E-state index contributed by atoms with van der Waals surface area (Å²) in [4.78, 5) is 25.8. The zero-order valence-corrected chi connectivity index (χ0v) is 10.3. The second-order valence-corrected chi connectivity index (χ2v) is 4.37. The van der Waals surface area contributed by atoms with Crippen LogP contribution < -0.4 is 11.2 Å². The summed E-state index contributed by atoms with van der Waals surface area (Å²) in [6.45, 7) is 1.77. The van der Waals surface area contributed by atoms with Crippen LogP contribution in [0.4, 0.5) is 0 Å². The second-order valence-electron chi connectivity index (χ2n) is 3.53. The van der Waals surface area contributed by atoms with Gasteiger partial charge in [-0.1, -0.05) is 23.2 Å². The number of hydrogen-bond acceptors (Lipinski definition) is 2. The fraction of sp³-hybridized carbons (Fsp3) is 0.0909. The molecule has 2 aromatic rings. The summed E-state index contributed by atoms with van der Waals surface area (Å²) in [6, 6.07) is 6.06. The van der Waals surface area contributed by atoms with Gasteiger partial charge in [-0.3, -0.25) is 9.78 Å². The summed E-state index contributed by atoms with van der Waals surface area (Å²) < 4.78 is 1.01. The molecule has 0 saturated carbocycles. The van der Waals surface area contributed by atoms with Gasteiger partial charge in [-0.15, -0.1) is 0 Å². The van der Waals surface area contributed by atoms with E-state index in [-0.39, 0.29) is 5.15 Å². The first-order valence-corrected chi connectivity index (χ1v) is 5.53. The number of aryl methyl sites for hydroxylation is 1. The average molecular weight is 271 g/mol. The summed E-state index contributed by atoms with van der Waals surface area (Å²) in [6.07, 6.45) is 0. The van der Waals surface area contributed by atoms with Gasteiger partial charge in [0.2, 0.25) is 0 Å². The topological polar surface area (TPSA) is 54.9 Å². The van der Waals surface area contributed by atoms with Crippen LogP contribution in [0.5, 0.6) is 0 Å². The van der Waals surface area contributed by atoms with Crippen molar-refractivity contribution >= 4 is 23.2 Å². The van der Waals surface area contributed by atoms with Gasteiger partial charge < -0.3 is 0 Å². The van der Waals surface area contributed by atoms with Crippen LogP contribution in [-0.2, 0) is 0 Å². The molecular weight excluding hydrogens is 263 g/mol. The Labute approximate surface area is 106 Å². The third kappa shape index (κ3) is 2.28. The van der Waals surface area contributed by atoms with Crippen molar-refractivity contribution in [1.82, 2.24) is 9.55 Å². The average Bonchev–Trinajstić information content (AvgIpc) is 2.19. The minimum Gasteiger partial charge on any atom is -0.297 e. The fourth-order valence-electron chi connectivity index (χ4n) is 1.57. The third-order valence-electron chi connectivity index (χ3n) is 2.30. The maximum absolute atomic E-state index is 11.7. The molecule has 1 N–H and O–H groups in total. The first-order chi connectivity index (χ1) is 7.99. The van der Waals surface area contributed by atoms with Crippen molar-refractivity contribution in [3.05, 3.63) is 60.8 Å². The molecule has 88 valence electrons. The van der Waals surface area contributed by atoms with Crippen LogP contribution in [0.1, 0.15) is 5.56 Å². The van der Waals surface area contributed by atoms with E-state index < -0.39 is 11.2 Å². The molecule has 2 rings (SSSR count). The van der Waals surface area contributed by atoms with Crippen molar-refractivity contribution in [3.8, 4) is 5.69 Å². The highest BCUT2D eigenvalue weighted by atomic mass is 35.5. The van der Waals surface area contributed by atoms with Crippen LogP contribution in [0, 0.1) is 6.92 Å². The molecule has 0 spiro atoms. The highest BCUT2D eigenvalue weighted by molar-refractivity contribution is 6.30. The zero-order valence-electron chi connectivity index (χ0n) is 8.83. The van der Waals surface area contributed by atoms with Crippen LogP contribution in [0.15, 0.2) is 33.9 Å². The van der Waals surface area contributed by atoms with Crippen LogP contribution in [0.25, 0.3) is 5.69 Å². The molecule has 0 amide bonds. The number of nitrogens with zero attached hydrogens (tertiary/aromatic N) is 1. The molecule has 17 heavy (non-hydrogen) atoms. The van der Waals surface area contributed by atoms with Crippen molar-refractivity contribution in [2.45, 2.75) is 6.92 Å². The molecular formula is C11H8Cl2N2O2. The Morgan fingerprint density at radius 2 is 1.88 bits per heavy atom. The minimum absolute atomic E-state index is 0.0165. The van der Waals surface area contributed by atoms with E-state index in [1.165, 1.54) is 0 Å². The number of nitrogens with one attached hydrogen (secondary N) is 1. The highest BCUT2D eigenvalue weighted by Gasteiger charge is 2.08. The predicted octanol–water partition coefficient (Wildman–Crippen LogP) is 2.14. The summed E-state index contributed by atoms with van der Waals surface area (Å²) >= 11 is 11.4. The molecule has 0 bridgehead atoms. The lowest BCUT2D eigenvalue weighted by atomic mass is 10.2. The van der Waals surface area contributed by atoms with Crippen LogP contribution in [0.2, 0.25) is 10.2 Å². The van der Waals surface area contributed by atoms with Gasteiger partial charge in [-0.2, -0.15) is 0 Å². The first kappa shape index (κ1) is 12.0. The Bertz CT molecular complexity index is 657. The van der Waals surface area contributed by atoms with Crippen LogP contribution >= 0.6 is 23.2 Å². The Morgan fingerprint density at radius 3 is 2.47 bits per heavy atom. The van der Waals surface area contributed by atoms with E-state index in [1.54, 1.807) is 25.1 Å². The molecule has 0 radical (unpaired) electrons. The van der Waals surface area contributed by atoms with E-state index in [2.05, 4.69) is 4.98 Å². The van der Waals surface area contributed by atoms with Gasteiger partial charge in [-0.25, -0.2) is 9.36 Å². The summed E-state index contributed by atoms with van der Waals surface area (Å²) in [5.74, 6) is 0. The number of benzene rings is 1. The molecule has 0 atom stereocenters. The van der Waals surface area contributed by atoms with Crippen molar-refractivity contribution < 1.29 is 0 Å². The number of rotatable bonds is 1. The summed E-state index contributed by atoms with van der Waals surface area (Å²) in [5.41, 5.74) is 0.154. The monoisotopic (exact) mass is 270 g/mol. The molecule has 1 aromatic carbocycles. The maximum Gasteiger partial charge on any atom is 0.334 e. The predicted molar refractivity (Wildman–Crippen MR) is 67.4 cm³/mol. The molecule has 0 aliphatic heterocycles. The molecule has 1 heterocycles. The van der Waals surface area contributed by atoms with Crippen LogP contribution in [0.3, 0.4) is 0 Å². The van der Waals surface area contributed by atoms with Gasteiger partial charge in [0.15, 0.2) is 0 Å². The number of H-pyrrole nitrogens is 1. The fourth-order valence-corrected chi connectivity index (χ4v) is 1.97. The normalized spacial score (nSPS) is 10.5. The van der Waals surface area contributed by atoms with Crippen molar-refractivity contribution in [1.29, 1.82) is 0 Å². The maximum atomic E-state index is 11.7. The molecule has 1 aromatic heterocycles. The Kier molecular flexibility index (Phi) is 3.09. The number of aromatic amines is 1. The Balaban J connectivity index is 2.78. The summed E-state index contributed by atoms with van der Waals surface area (Å²) in [5, 5.41) is 0.563. The first-order valence-electron chi connectivity index (χ1n) is 4.77. The van der Waals surface area contributed by atoms with Gasteiger partial charge >= 0.3 is 5.69 Å². The standard InChI is InChI=1S/C11H8Cl2N2O2/c1-6-4-7(12)2-3-8(6)15-10(16)5-9(13)14-11(15)17/h2-5H,1H3,(H,14,17). The second kappa shape index (κ2) is 4.39. The lowest BCUT2D eigenvalue weighted by Gasteiger charge is -2.07. The lowest BCUT2D eigenvalue weighted by Crippen LogP contribution is -2.33. The lowest BCUT2D eigenvalue weighted by molar-refractivity contribution is 0.869. The van der Waals surface area contributed by atoms with E-state index >= 15 is 0 Å². The molecule has 4 nitrogen and oxygen atoms in total. The Morgan fingerprint density at radius 1 is 1.18 bits per heavy atom. The highest BCUT2D eigenvalue weighted by Crippen LogP contribution is 2.16. The van der Waals surface area contributed by atoms with Crippen LogP contribution in [-0.4, -0.2) is 9.55 Å². The van der Waals surface area contributed by atoms with E-state index in [0.717, 1.165) is 16.2 Å². The smallest absolute Gasteiger partial charge is 0.297 e. The van der Waals surface area contributed by atoms with Crippen molar-refractivity contribution in [2.75, 3.05) is 0 Å². The van der Waals surface area contributed by atoms with Crippen molar-refractivity contribution in [2.24, 2.45) is 0 Å². The molecule has 0 unspecified atom stereocenters. The SMILES string of the molecule is Cc1cc(Cl)ccc1-n1c(=O)cc(Cl)[nH]c1=O. The van der Waals surface area contributed by atoms with E-state index in [0.29, 0.717) is 10.7 Å². The number of halogens is 2. The van der Waals surface area contributed by atoms with Gasteiger partial charge in [-0.05, 0) is 30.7 Å². The number of aromatic nitrogens is 2. The van der Waals surface area contributed by atoms with E-state index in [4.69, 9.17) is 23.2 Å². The number of hydrogen-bond donors (Lipinski definition) is 1. The third-order valence-corrected chi connectivity index (χ3v) is 2.74. The van der Waals surface area contributed by atoms with Gasteiger partial charge in [0, 0.05) is 11.1 Å². The molecule has 0 aliphatic rings. The molecule has 0 saturated heterocycles. The largest absolute Gasteiger partial charge is 0.334 e. The van der Waals surface area contributed by atoms with Gasteiger partial charge in [0.1, 0.15) is 5.15 Å². The molecule has 6 heteroatoms. The molecule has 0 aliphatic carbocycles. The van der Waals surface area contributed by atoms with E-state index in [9.17, 15) is 9.59 Å². The molecule has 0 fully saturated rings. The van der Waals surface area contributed by atoms with Crippen molar-refractivity contribution in [3.63, 3.8) is 0 Å². The quantitative estimate of drug-likeness (QED) is 0.808. The van der Waals surface area contributed by atoms with Gasteiger partial charge in [0.05, 0.1) is 5.69 Å². The zero-order chi connectivity index (χ0) is 12.6. The summed E-state index contributed by atoms with van der Waals surface area (Å²) in [7, 11) is 0. The minimum atomic E-state index is -0.576.